The average Bonchev–Trinajstić information content (AvgIpc) is 2.61. The fourth-order valence-electron chi connectivity index (χ4n) is 2.56. The van der Waals surface area contributed by atoms with Crippen molar-refractivity contribution in [2.24, 2.45) is 0 Å². The molecule has 0 aliphatic heterocycles. The lowest BCUT2D eigenvalue weighted by atomic mass is 10.1. The van der Waals surface area contributed by atoms with Gasteiger partial charge in [-0.25, -0.2) is 8.42 Å². The van der Waals surface area contributed by atoms with Gasteiger partial charge >= 0.3 is 5.97 Å². The van der Waals surface area contributed by atoms with E-state index in [1.165, 1.54) is 19.1 Å². The number of esters is 1. The number of aryl methyl sites for hydroxylation is 2. The molecule has 0 saturated carbocycles. The number of nitro benzene ring substituents is 1. The molecule has 27 heavy (non-hydrogen) atoms. The number of benzene rings is 2. The van der Waals surface area contributed by atoms with E-state index in [1.807, 2.05) is 13.0 Å². The van der Waals surface area contributed by atoms with Gasteiger partial charge in [0.25, 0.3) is 15.7 Å². The molecular weight excluding hydrogens is 372 g/mol. The van der Waals surface area contributed by atoms with Crippen LogP contribution in [0.4, 0.5) is 11.4 Å². The van der Waals surface area contributed by atoms with E-state index < -0.39 is 27.5 Å². The summed E-state index contributed by atoms with van der Waals surface area (Å²) in [5.41, 5.74) is 1.85. The van der Waals surface area contributed by atoms with E-state index in [-0.39, 0.29) is 10.6 Å². The van der Waals surface area contributed by atoms with Crippen molar-refractivity contribution in [3.63, 3.8) is 0 Å². The van der Waals surface area contributed by atoms with Crippen molar-refractivity contribution in [2.45, 2.75) is 25.7 Å². The second-order valence-corrected chi connectivity index (χ2v) is 7.87. The topological polar surface area (TPSA) is 107 Å². The third kappa shape index (κ3) is 4.08. The highest BCUT2D eigenvalue weighted by Crippen LogP contribution is 2.30. The van der Waals surface area contributed by atoms with E-state index in [0.717, 1.165) is 23.0 Å². The van der Waals surface area contributed by atoms with Crippen LogP contribution in [-0.2, 0) is 19.6 Å². The predicted octanol–water partition coefficient (Wildman–Crippen LogP) is 2.89. The van der Waals surface area contributed by atoms with Gasteiger partial charge in [0.05, 0.1) is 22.6 Å². The van der Waals surface area contributed by atoms with Crippen LogP contribution < -0.4 is 4.31 Å². The Hall–Kier alpha value is -2.94. The maximum Gasteiger partial charge on any atom is 0.326 e. The summed E-state index contributed by atoms with van der Waals surface area (Å²) < 4.78 is 32.0. The Balaban J connectivity index is 2.67. The molecule has 0 N–H and O–H groups in total. The Morgan fingerprint density at radius 2 is 1.81 bits per heavy atom. The lowest BCUT2D eigenvalue weighted by Gasteiger charge is -2.25. The number of hydrogen-bond acceptors (Lipinski definition) is 6. The van der Waals surface area contributed by atoms with Crippen LogP contribution in [0.1, 0.15) is 16.7 Å². The van der Waals surface area contributed by atoms with Gasteiger partial charge in [0.2, 0.25) is 0 Å². The van der Waals surface area contributed by atoms with Crippen molar-refractivity contribution in [3.05, 3.63) is 63.2 Å². The first-order chi connectivity index (χ1) is 12.6. The summed E-state index contributed by atoms with van der Waals surface area (Å²) in [5.74, 6) is -0.749. The number of nitrogens with zero attached hydrogens (tertiary/aromatic N) is 2. The molecule has 0 spiro atoms. The van der Waals surface area contributed by atoms with Gasteiger partial charge in [-0.15, -0.1) is 0 Å². The quantitative estimate of drug-likeness (QED) is 0.425. The first-order valence-corrected chi connectivity index (χ1v) is 9.44. The van der Waals surface area contributed by atoms with E-state index >= 15 is 0 Å². The van der Waals surface area contributed by atoms with Crippen LogP contribution in [0.2, 0.25) is 0 Å². The summed E-state index contributed by atoms with van der Waals surface area (Å²) in [6, 6.07) is 8.72. The van der Waals surface area contributed by atoms with E-state index in [4.69, 9.17) is 0 Å². The second-order valence-electron chi connectivity index (χ2n) is 6.01. The fourth-order valence-corrected chi connectivity index (χ4v) is 4.05. The van der Waals surface area contributed by atoms with Crippen LogP contribution in [0.5, 0.6) is 0 Å². The van der Waals surface area contributed by atoms with E-state index in [0.29, 0.717) is 16.8 Å². The number of carbonyl (C=O) groups excluding carboxylic acids is 1. The van der Waals surface area contributed by atoms with Crippen LogP contribution in [0, 0.1) is 30.9 Å². The molecule has 0 aromatic heterocycles. The number of sulfonamides is 1. The standard InChI is InChI=1S/C18H20N2O6S/c1-12-6-5-7-16(14(12)3)19(11-18(21)26-4)27(24,25)15-9-8-13(2)17(10-15)20(22)23/h5-10H,11H2,1-4H3. The highest BCUT2D eigenvalue weighted by Gasteiger charge is 2.30. The molecule has 0 radical (unpaired) electrons. The Bertz CT molecular complexity index is 1000. The van der Waals surface area contributed by atoms with Gasteiger partial charge in [0.1, 0.15) is 6.54 Å². The first-order valence-electron chi connectivity index (χ1n) is 8.00. The maximum atomic E-state index is 13.2. The normalized spacial score (nSPS) is 11.1. The van der Waals surface area contributed by atoms with Crippen molar-refractivity contribution in [3.8, 4) is 0 Å². The van der Waals surface area contributed by atoms with E-state index in [2.05, 4.69) is 4.74 Å². The summed E-state index contributed by atoms with van der Waals surface area (Å²) in [7, 11) is -3.08. The zero-order chi connectivity index (χ0) is 20.4. The summed E-state index contributed by atoms with van der Waals surface area (Å²) >= 11 is 0. The molecule has 144 valence electrons. The summed E-state index contributed by atoms with van der Waals surface area (Å²) in [6.45, 7) is 4.52. The van der Waals surface area contributed by atoms with Crippen molar-refractivity contribution >= 4 is 27.4 Å². The lowest BCUT2D eigenvalue weighted by molar-refractivity contribution is -0.385. The monoisotopic (exact) mass is 392 g/mol. The number of ether oxygens (including phenoxy) is 1. The summed E-state index contributed by atoms with van der Waals surface area (Å²) in [6.07, 6.45) is 0. The highest BCUT2D eigenvalue weighted by molar-refractivity contribution is 7.92. The third-order valence-electron chi connectivity index (χ3n) is 4.31. The van der Waals surface area contributed by atoms with Crippen molar-refractivity contribution < 1.29 is 22.9 Å². The molecule has 0 heterocycles. The van der Waals surface area contributed by atoms with Crippen LogP contribution in [0.25, 0.3) is 0 Å². The Labute approximate surface area is 157 Å². The summed E-state index contributed by atoms with van der Waals surface area (Å²) in [5, 5.41) is 11.2. The largest absolute Gasteiger partial charge is 0.468 e. The Kier molecular flexibility index (Phi) is 5.85. The molecule has 0 amide bonds. The Morgan fingerprint density at radius 1 is 1.15 bits per heavy atom. The molecule has 0 atom stereocenters. The molecule has 8 nitrogen and oxygen atoms in total. The molecule has 2 aromatic carbocycles. The number of methoxy groups -OCH3 is 1. The van der Waals surface area contributed by atoms with E-state index in [9.17, 15) is 23.3 Å². The first kappa shape index (κ1) is 20.4. The smallest absolute Gasteiger partial charge is 0.326 e. The number of rotatable bonds is 6. The van der Waals surface area contributed by atoms with Crippen LogP contribution >= 0.6 is 0 Å². The second kappa shape index (κ2) is 7.75. The van der Waals surface area contributed by atoms with Crippen LogP contribution in [0.3, 0.4) is 0 Å². The minimum Gasteiger partial charge on any atom is -0.468 e. The van der Waals surface area contributed by atoms with Crippen LogP contribution in [0.15, 0.2) is 41.3 Å². The van der Waals surface area contributed by atoms with Gasteiger partial charge in [-0.1, -0.05) is 18.2 Å². The van der Waals surface area contributed by atoms with Crippen LogP contribution in [-0.4, -0.2) is 33.0 Å². The molecule has 2 rings (SSSR count). The number of carbonyl (C=O) groups is 1. The van der Waals surface area contributed by atoms with Gasteiger partial charge in [-0.3, -0.25) is 19.2 Å². The molecule has 0 saturated heterocycles. The molecule has 0 unspecified atom stereocenters. The van der Waals surface area contributed by atoms with Gasteiger partial charge in [-0.05, 0) is 44.0 Å². The molecule has 9 heteroatoms. The average molecular weight is 392 g/mol. The summed E-state index contributed by atoms with van der Waals surface area (Å²) in [4.78, 5) is 22.1. The molecule has 0 aliphatic rings. The zero-order valence-corrected chi connectivity index (χ0v) is 16.2. The number of nitro groups is 1. The van der Waals surface area contributed by atoms with Crippen molar-refractivity contribution in [1.29, 1.82) is 0 Å². The van der Waals surface area contributed by atoms with Gasteiger partial charge in [0, 0.05) is 11.6 Å². The van der Waals surface area contributed by atoms with Crippen molar-refractivity contribution in [2.75, 3.05) is 18.0 Å². The lowest BCUT2D eigenvalue weighted by Crippen LogP contribution is -2.37. The van der Waals surface area contributed by atoms with Gasteiger partial charge < -0.3 is 4.74 Å². The van der Waals surface area contributed by atoms with Gasteiger partial charge in [-0.2, -0.15) is 0 Å². The maximum absolute atomic E-state index is 13.2. The molecule has 2 aromatic rings. The van der Waals surface area contributed by atoms with Crippen molar-refractivity contribution in [1.82, 2.24) is 0 Å². The number of hydrogen-bond donors (Lipinski definition) is 0. The molecule has 0 aliphatic carbocycles. The van der Waals surface area contributed by atoms with E-state index in [1.54, 1.807) is 19.1 Å². The fraction of sp³-hybridized carbons (Fsp3) is 0.278. The molecule has 0 bridgehead atoms. The zero-order valence-electron chi connectivity index (χ0n) is 15.4. The SMILES string of the molecule is COC(=O)CN(c1cccc(C)c1C)S(=O)(=O)c1ccc(C)c([N+](=O)[O-])c1. The Morgan fingerprint density at radius 3 is 2.41 bits per heavy atom. The molecular formula is C18H20N2O6S. The van der Waals surface area contributed by atoms with Gasteiger partial charge in [0.15, 0.2) is 0 Å². The molecule has 0 fully saturated rings. The minimum absolute atomic E-state index is 0.274. The highest BCUT2D eigenvalue weighted by atomic mass is 32.2. The predicted molar refractivity (Wildman–Crippen MR) is 100 cm³/mol. The number of anilines is 1. The third-order valence-corrected chi connectivity index (χ3v) is 6.07. The minimum atomic E-state index is -4.24.